The van der Waals surface area contributed by atoms with E-state index in [-0.39, 0.29) is 25.8 Å². The molecule has 9 heteroatoms. The summed E-state index contributed by atoms with van der Waals surface area (Å²) in [7, 11) is 1.35. The highest BCUT2D eigenvalue weighted by Gasteiger charge is 2.20. The molecule has 0 radical (unpaired) electrons. The summed E-state index contributed by atoms with van der Waals surface area (Å²) in [6, 6.07) is 0. The molecule has 8 nitrogen and oxygen atoms in total. The third-order valence-electron chi connectivity index (χ3n) is 10.8. The van der Waals surface area contributed by atoms with E-state index in [0.717, 1.165) is 64.2 Å². The van der Waals surface area contributed by atoms with Crippen LogP contribution in [0.15, 0.2) is 48.6 Å². The van der Waals surface area contributed by atoms with Crippen LogP contribution in [0.1, 0.15) is 219 Å². The summed E-state index contributed by atoms with van der Waals surface area (Å²) < 4.78 is 34.7. The van der Waals surface area contributed by atoms with Crippen molar-refractivity contribution in [2.45, 2.75) is 225 Å². The number of quaternary nitrogens is 1. The summed E-state index contributed by atoms with van der Waals surface area (Å²) in [6.07, 6.45) is 55.6. The fourth-order valence-electron chi connectivity index (χ4n) is 6.91. The molecule has 61 heavy (non-hydrogen) atoms. The summed E-state index contributed by atoms with van der Waals surface area (Å²) in [5, 5.41) is 0. The van der Waals surface area contributed by atoms with Gasteiger partial charge in [-0.05, 0) is 70.6 Å². The van der Waals surface area contributed by atoms with E-state index in [4.69, 9.17) is 18.5 Å². The predicted molar refractivity (Wildman–Crippen MR) is 259 cm³/mol. The van der Waals surface area contributed by atoms with Crippen molar-refractivity contribution in [3.8, 4) is 0 Å². The Morgan fingerprint density at radius 3 is 1.39 bits per heavy atom. The molecule has 0 spiro atoms. The Kier molecular flexibility index (Phi) is 43.9. The number of esters is 1. The van der Waals surface area contributed by atoms with Crippen molar-refractivity contribution >= 4 is 13.8 Å². The van der Waals surface area contributed by atoms with Crippen molar-refractivity contribution in [2.75, 3.05) is 54.1 Å². The third-order valence-corrected chi connectivity index (χ3v) is 11.8. The summed E-state index contributed by atoms with van der Waals surface area (Å²) in [5.41, 5.74) is 0. The zero-order chi connectivity index (χ0) is 44.8. The van der Waals surface area contributed by atoms with E-state index in [2.05, 4.69) is 62.5 Å². The Morgan fingerprint density at radius 2 is 0.934 bits per heavy atom. The highest BCUT2D eigenvalue weighted by molar-refractivity contribution is 7.45. The normalized spacial score (nSPS) is 14.0. The van der Waals surface area contributed by atoms with E-state index in [1.807, 2.05) is 21.1 Å². The molecule has 0 saturated heterocycles. The van der Waals surface area contributed by atoms with Crippen LogP contribution in [0.5, 0.6) is 0 Å². The van der Waals surface area contributed by atoms with Gasteiger partial charge in [0, 0.05) is 13.0 Å². The molecule has 2 unspecified atom stereocenters. The van der Waals surface area contributed by atoms with Gasteiger partial charge in [-0.2, -0.15) is 0 Å². The molecule has 0 aliphatic rings. The van der Waals surface area contributed by atoms with Gasteiger partial charge in [0.05, 0.1) is 34.4 Å². The Hall–Kier alpha value is -1.54. The second-order valence-corrected chi connectivity index (χ2v) is 19.6. The van der Waals surface area contributed by atoms with Crippen molar-refractivity contribution in [3.05, 3.63) is 48.6 Å². The zero-order valence-corrected chi connectivity index (χ0v) is 41.5. The number of likely N-dealkylation sites (N-methyl/N-ethyl adjacent to an activating group) is 1. The number of carbonyl (C=O) groups is 1. The lowest BCUT2D eigenvalue weighted by Crippen LogP contribution is -2.37. The Morgan fingerprint density at radius 1 is 0.508 bits per heavy atom. The number of phosphoric acid groups is 1. The fraction of sp³-hybridized carbons (Fsp3) is 0.827. The van der Waals surface area contributed by atoms with Crippen LogP contribution in [0.25, 0.3) is 0 Å². The SMILES string of the molecule is CCC/C=C\C/C=C\CCCCCCCCOCC(COP(=O)([O-])OCC[N+](C)(C)C)OC(=O)CCCCCCCCCCCCCCC/C=C\C/C=C\CCCCCCC. The fourth-order valence-corrected chi connectivity index (χ4v) is 7.64. The number of allylic oxidation sites excluding steroid dienone is 8. The van der Waals surface area contributed by atoms with E-state index in [9.17, 15) is 14.3 Å². The first-order valence-corrected chi connectivity index (χ1v) is 26.8. The van der Waals surface area contributed by atoms with Gasteiger partial charge in [0.2, 0.25) is 0 Å². The molecule has 0 fully saturated rings. The predicted octanol–water partition coefficient (Wildman–Crippen LogP) is 14.9. The zero-order valence-electron chi connectivity index (χ0n) is 40.6. The average molecular weight is 880 g/mol. The molecule has 0 amide bonds. The molecule has 0 bridgehead atoms. The summed E-state index contributed by atoms with van der Waals surface area (Å²) in [5.74, 6) is -0.338. The van der Waals surface area contributed by atoms with Crippen molar-refractivity contribution in [3.63, 3.8) is 0 Å². The number of hydrogen-bond acceptors (Lipinski definition) is 7. The van der Waals surface area contributed by atoms with Gasteiger partial charge in [-0.25, -0.2) is 0 Å². The highest BCUT2D eigenvalue weighted by atomic mass is 31.2. The van der Waals surface area contributed by atoms with Gasteiger partial charge in [0.1, 0.15) is 19.3 Å². The lowest BCUT2D eigenvalue weighted by molar-refractivity contribution is -0.870. The molecule has 2 atom stereocenters. The summed E-state index contributed by atoms with van der Waals surface area (Å²) in [6.45, 7) is 5.33. The Labute approximate surface area is 378 Å². The molecule has 0 aromatic rings. The lowest BCUT2D eigenvalue weighted by atomic mass is 10.0. The largest absolute Gasteiger partial charge is 0.756 e. The minimum absolute atomic E-state index is 0.0230. The summed E-state index contributed by atoms with van der Waals surface area (Å²) in [4.78, 5) is 25.1. The minimum Gasteiger partial charge on any atom is -0.756 e. The number of hydrogen-bond donors (Lipinski definition) is 0. The average Bonchev–Trinajstić information content (AvgIpc) is 3.22. The lowest BCUT2D eigenvalue weighted by Gasteiger charge is -2.28. The molecule has 0 aliphatic heterocycles. The second-order valence-electron chi connectivity index (χ2n) is 18.2. The molecule has 0 rings (SSSR count). The number of rotatable bonds is 47. The maximum atomic E-state index is 12.7. The van der Waals surface area contributed by atoms with Gasteiger partial charge in [-0.3, -0.25) is 9.36 Å². The molecule has 0 aromatic carbocycles. The quantitative estimate of drug-likeness (QED) is 0.0198. The molecule has 0 aromatic heterocycles. The molecule has 358 valence electrons. The van der Waals surface area contributed by atoms with E-state index in [1.165, 1.54) is 135 Å². The van der Waals surface area contributed by atoms with Crippen LogP contribution in [0.4, 0.5) is 0 Å². The maximum absolute atomic E-state index is 12.7. The van der Waals surface area contributed by atoms with Gasteiger partial charge < -0.3 is 27.9 Å². The van der Waals surface area contributed by atoms with Gasteiger partial charge in [0.15, 0.2) is 0 Å². The van der Waals surface area contributed by atoms with Gasteiger partial charge in [-0.1, -0.05) is 191 Å². The number of phosphoric ester groups is 1. The Bertz CT molecular complexity index is 1120. The van der Waals surface area contributed by atoms with Crippen LogP contribution in [0.3, 0.4) is 0 Å². The Balaban J connectivity index is 4.09. The number of ether oxygens (including phenoxy) is 2. The monoisotopic (exact) mass is 880 g/mol. The first-order valence-electron chi connectivity index (χ1n) is 25.4. The van der Waals surface area contributed by atoms with Crippen molar-refractivity contribution in [1.29, 1.82) is 0 Å². The van der Waals surface area contributed by atoms with Crippen molar-refractivity contribution in [1.82, 2.24) is 0 Å². The highest BCUT2D eigenvalue weighted by Crippen LogP contribution is 2.38. The summed E-state index contributed by atoms with van der Waals surface area (Å²) >= 11 is 0. The van der Waals surface area contributed by atoms with E-state index in [0.29, 0.717) is 24.1 Å². The van der Waals surface area contributed by atoms with Crippen LogP contribution in [-0.2, 0) is 27.9 Å². The van der Waals surface area contributed by atoms with E-state index >= 15 is 0 Å². The van der Waals surface area contributed by atoms with Gasteiger partial charge >= 0.3 is 5.97 Å². The first-order chi connectivity index (χ1) is 29.6. The topological polar surface area (TPSA) is 94.1 Å². The number of carbonyl (C=O) groups excluding carboxylic acids is 1. The van der Waals surface area contributed by atoms with Gasteiger partial charge in [0.25, 0.3) is 7.82 Å². The smallest absolute Gasteiger partial charge is 0.306 e. The third kappa shape index (κ3) is 49.3. The molecular formula is C52H98NO7P. The second kappa shape index (κ2) is 45.0. The minimum atomic E-state index is -4.53. The van der Waals surface area contributed by atoms with E-state index < -0.39 is 13.9 Å². The van der Waals surface area contributed by atoms with Gasteiger partial charge in [-0.15, -0.1) is 0 Å². The molecule has 0 heterocycles. The van der Waals surface area contributed by atoms with Crippen LogP contribution in [0.2, 0.25) is 0 Å². The molecule has 0 N–H and O–H groups in total. The molecule has 0 saturated carbocycles. The van der Waals surface area contributed by atoms with Crippen molar-refractivity contribution in [2.24, 2.45) is 0 Å². The number of nitrogens with zero attached hydrogens (tertiary/aromatic N) is 1. The van der Waals surface area contributed by atoms with E-state index in [1.54, 1.807) is 0 Å². The van der Waals surface area contributed by atoms with Crippen LogP contribution < -0.4 is 4.89 Å². The van der Waals surface area contributed by atoms with Crippen LogP contribution >= 0.6 is 7.82 Å². The number of unbranched alkanes of at least 4 members (excludes halogenated alkanes) is 25. The molecule has 0 aliphatic carbocycles. The van der Waals surface area contributed by atoms with Crippen molar-refractivity contribution < 1.29 is 37.3 Å². The van der Waals surface area contributed by atoms with Crippen LogP contribution in [-0.4, -0.2) is 70.7 Å². The molecular weight excluding hydrogens is 782 g/mol. The first kappa shape index (κ1) is 59.5. The van der Waals surface area contributed by atoms with Crippen LogP contribution in [0, 0.1) is 0 Å². The standard InChI is InChI=1S/C52H98NO7P/c1-6-8-10-12-14-16-18-20-22-23-24-25-26-27-28-29-30-31-32-33-35-37-39-41-43-45-52(54)60-51(50-59-61(55,56)58-48-46-53(3,4)5)49-57-47-44-42-40-38-36-34-21-19-17-15-13-11-9-7-2/h11,13,17-20,23-24,51H,6-10,12,14-16,21-22,25-50H2,1-5H3/b13-11-,19-17-,20-18-,24-23-. The maximum Gasteiger partial charge on any atom is 0.306 e.